The highest BCUT2D eigenvalue weighted by atomic mass is 19.1. The summed E-state index contributed by atoms with van der Waals surface area (Å²) in [4.78, 5) is 2.20. The van der Waals surface area contributed by atoms with E-state index in [9.17, 15) is 4.39 Å². The molecule has 0 saturated carbocycles. The second kappa shape index (κ2) is 6.74. The monoisotopic (exact) mass is 252 g/mol. The van der Waals surface area contributed by atoms with Gasteiger partial charge in [-0.2, -0.15) is 0 Å². The Morgan fingerprint density at radius 1 is 1.33 bits per heavy atom. The van der Waals surface area contributed by atoms with Crippen LogP contribution in [-0.4, -0.2) is 19.6 Å². The standard InChI is InChI=1S/C15H25FN2/c1-4-18(10-6-9-15(2,3)12-17)14-8-5-7-13(16)11-14/h5,7-8,11H,4,6,9-10,12,17H2,1-3H3. The molecule has 0 bridgehead atoms. The average Bonchev–Trinajstić information content (AvgIpc) is 2.34. The fourth-order valence-electron chi connectivity index (χ4n) is 1.99. The molecule has 1 rings (SSSR count). The van der Waals surface area contributed by atoms with Crippen LogP contribution in [0.25, 0.3) is 0 Å². The molecule has 0 radical (unpaired) electrons. The Kier molecular flexibility index (Phi) is 5.60. The van der Waals surface area contributed by atoms with Gasteiger partial charge < -0.3 is 10.6 Å². The summed E-state index contributed by atoms with van der Waals surface area (Å²) < 4.78 is 13.2. The van der Waals surface area contributed by atoms with E-state index in [-0.39, 0.29) is 11.2 Å². The number of hydrogen-bond acceptors (Lipinski definition) is 2. The first-order valence-corrected chi connectivity index (χ1v) is 6.69. The second-order valence-electron chi connectivity index (χ2n) is 5.53. The first-order valence-electron chi connectivity index (χ1n) is 6.69. The summed E-state index contributed by atoms with van der Waals surface area (Å²) in [6, 6.07) is 6.80. The van der Waals surface area contributed by atoms with E-state index < -0.39 is 0 Å². The summed E-state index contributed by atoms with van der Waals surface area (Å²) in [5, 5.41) is 0. The lowest BCUT2D eigenvalue weighted by molar-refractivity contribution is 0.338. The molecule has 0 aromatic heterocycles. The fraction of sp³-hybridized carbons (Fsp3) is 0.600. The number of nitrogens with zero attached hydrogens (tertiary/aromatic N) is 1. The minimum absolute atomic E-state index is 0.173. The highest BCUT2D eigenvalue weighted by Crippen LogP contribution is 2.22. The van der Waals surface area contributed by atoms with Crippen molar-refractivity contribution in [2.45, 2.75) is 33.6 Å². The molecular weight excluding hydrogens is 227 g/mol. The Morgan fingerprint density at radius 2 is 2.06 bits per heavy atom. The van der Waals surface area contributed by atoms with Crippen molar-refractivity contribution in [2.24, 2.45) is 11.1 Å². The molecule has 1 aromatic rings. The van der Waals surface area contributed by atoms with Crippen LogP contribution in [-0.2, 0) is 0 Å². The Hall–Kier alpha value is -1.09. The summed E-state index contributed by atoms with van der Waals surface area (Å²) in [6.45, 7) is 9.02. The van der Waals surface area contributed by atoms with Gasteiger partial charge in [0, 0.05) is 18.8 Å². The van der Waals surface area contributed by atoms with E-state index in [1.807, 2.05) is 6.07 Å². The van der Waals surface area contributed by atoms with Crippen molar-refractivity contribution in [2.75, 3.05) is 24.5 Å². The number of benzene rings is 1. The Balaban J connectivity index is 2.53. The lowest BCUT2D eigenvalue weighted by Crippen LogP contribution is -2.28. The van der Waals surface area contributed by atoms with Gasteiger partial charge in [-0.05, 0) is 49.9 Å². The van der Waals surface area contributed by atoms with Crippen LogP contribution in [0.1, 0.15) is 33.6 Å². The van der Waals surface area contributed by atoms with E-state index in [0.29, 0.717) is 6.54 Å². The molecule has 18 heavy (non-hydrogen) atoms. The predicted molar refractivity (Wildman–Crippen MR) is 76.4 cm³/mol. The van der Waals surface area contributed by atoms with E-state index in [0.717, 1.165) is 31.6 Å². The zero-order valence-corrected chi connectivity index (χ0v) is 11.7. The minimum Gasteiger partial charge on any atom is -0.372 e. The van der Waals surface area contributed by atoms with Gasteiger partial charge in [-0.25, -0.2) is 4.39 Å². The maximum absolute atomic E-state index is 13.2. The molecule has 102 valence electrons. The van der Waals surface area contributed by atoms with Crippen molar-refractivity contribution in [1.29, 1.82) is 0 Å². The van der Waals surface area contributed by atoms with Crippen LogP contribution < -0.4 is 10.6 Å². The summed E-state index contributed by atoms with van der Waals surface area (Å²) in [5.74, 6) is -0.173. The first-order chi connectivity index (χ1) is 8.48. The van der Waals surface area contributed by atoms with Gasteiger partial charge in [-0.15, -0.1) is 0 Å². The molecule has 0 saturated heterocycles. The van der Waals surface area contributed by atoms with E-state index in [4.69, 9.17) is 5.73 Å². The van der Waals surface area contributed by atoms with E-state index in [2.05, 4.69) is 25.7 Å². The average molecular weight is 252 g/mol. The molecule has 0 amide bonds. The smallest absolute Gasteiger partial charge is 0.125 e. The Morgan fingerprint density at radius 3 is 2.61 bits per heavy atom. The Bertz CT molecular complexity index is 363. The molecule has 0 heterocycles. The molecule has 2 nitrogen and oxygen atoms in total. The predicted octanol–water partition coefficient (Wildman–Crippen LogP) is 3.42. The van der Waals surface area contributed by atoms with Crippen molar-refractivity contribution in [1.82, 2.24) is 0 Å². The molecule has 0 aliphatic heterocycles. The number of halogens is 1. The number of nitrogens with two attached hydrogens (primary N) is 1. The maximum atomic E-state index is 13.2. The molecule has 0 atom stereocenters. The van der Waals surface area contributed by atoms with Gasteiger partial charge in [0.1, 0.15) is 5.82 Å². The van der Waals surface area contributed by atoms with Crippen LogP contribution >= 0.6 is 0 Å². The van der Waals surface area contributed by atoms with Crippen LogP contribution in [0.3, 0.4) is 0 Å². The molecular formula is C15H25FN2. The summed E-state index contributed by atoms with van der Waals surface area (Å²) in [7, 11) is 0. The van der Waals surface area contributed by atoms with Crippen molar-refractivity contribution < 1.29 is 4.39 Å². The highest BCUT2D eigenvalue weighted by Gasteiger charge is 2.15. The first kappa shape index (κ1) is 15.0. The van der Waals surface area contributed by atoms with Crippen molar-refractivity contribution >= 4 is 5.69 Å². The zero-order chi connectivity index (χ0) is 13.6. The highest BCUT2D eigenvalue weighted by molar-refractivity contribution is 5.46. The van der Waals surface area contributed by atoms with Crippen LogP contribution in [0.5, 0.6) is 0 Å². The third-order valence-corrected chi connectivity index (χ3v) is 3.39. The summed E-state index contributed by atoms with van der Waals surface area (Å²) in [5.41, 5.74) is 6.88. The van der Waals surface area contributed by atoms with E-state index in [1.54, 1.807) is 12.1 Å². The maximum Gasteiger partial charge on any atom is 0.125 e. The number of rotatable bonds is 7. The summed E-state index contributed by atoms with van der Waals surface area (Å²) >= 11 is 0. The Labute approximate surface area is 110 Å². The number of anilines is 1. The van der Waals surface area contributed by atoms with Crippen LogP contribution in [0.15, 0.2) is 24.3 Å². The van der Waals surface area contributed by atoms with Gasteiger partial charge in [0.15, 0.2) is 0 Å². The number of hydrogen-bond donors (Lipinski definition) is 1. The summed E-state index contributed by atoms with van der Waals surface area (Å²) in [6.07, 6.45) is 2.17. The topological polar surface area (TPSA) is 29.3 Å². The lowest BCUT2D eigenvalue weighted by Gasteiger charge is -2.27. The molecule has 0 unspecified atom stereocenters. The van der Waals surface area contributed by atoms with Gasteiger partial charge in [0.05, 0.1) is 0 Å². The van der Waals surface area contributed by atoms with Crippen molar-refractivity contribution in [3.63, 3.8) is 0 Å². The molecule has 0 aliphatic carbocycles. The molecule has 0 spiro atoms. The van der Waals surface area contributed by atoms with Crippen LogP contribution in [0.4, 0.5) is 10.1 Å². The molecule has 0 fully saturated rings. The SMILES string of the molecule is CCN(CCCC(C)(C)CN)c1cccc(F)c1. The minimum atomic E-state index is -0.173. The molecule has 0 aliphatic rings. The van der Waals surface area contributed by atoms with Gasteiger partial charge >= 0.3 is 0 Å². The van der Waals surface area contributed by atoms with E-state index >= 15 is 0 Å². The van der Waals surface area contributed by atoms with Crippen molar-refractivity contribution in [3.05, 3.63) is 30.1 Å². The largest absolute Gasteiger partial charge is 0.372 e. The van der Waals surface area contributed by atoms with Crippen molar-refractivity contribution in [3.8, 4) is 0 Å². The molecule has 2 N–H and O–H groups in total. The third kappa shape index (κ3) is 4.65. The zero-order valence-electron chi connectivity index (χ0n) is 11.7. The van der Waals surface area contributed by atoms with Crippen LogP contribution in [0.2, 0.25) is 0 Å². The second-order valence-corrected chi connectivity index (χ2v) is 5.53. The quantitative estimate of drug-likeness (QED) is 0.805. The third-order valence-electron chi connectivity index (χ3n) is 3.39. The van der Waals surface area contributed by atoms with Gasteiger partial charge in [0.2, 0.25) is 0 Å². The van der Waals surface area contributed by atoms with Crippen LogP contribution in [0, 0.1) is 11.2 Å². The lowest BCUT2D eigenvalue weighted by atomic mass is 9.88. The molecule has 1 aromatic carbocycles. The normalized spacial score (nSPS) is 11.6. The van der Waals surface area contributed by atoms with E-state index in [1.165, 1.54) is 6.07 Å². The van der Waals surface area contributed by atoms with Gasteiger partial charge in [0.25, 0.3) is 0 Å². The van der Waals surface area contributed by atoms with Gasteiger partial charge in [-0.3, -0.25) is 0 Å². The van der Waals surface area contributed by atoms with Gasteiger partial charge in [-0.1, -0.05) is 19.9 Å². The molecule has 3 heteroatoms. The fourth-order valence-corrected chi connectivity index (χ4v) is 1.99.